The fourth-order valence-corrected chi connectivity index (χ4v) is 11.3. The minimum absolute atomic E-state index is 0.130. The van der Waals surface area contributed by atoms with E-state index in [4.69, 9.17) is 14.2 Å². The first-order valence-electron chi connectivity index (χ1n) is 35.1. The molecule has 0 aliphatic carbocycles. The van der Waals surface area contributed by atoms with Crippen molar-refractivity contribution in [2.45, 2.75) is 397 Å². The quantitative estimate of drug-likeness (QED) is 0.0195. The van der Waals surface area contributed by atoms with Crippen LogP contribution in [0.2, 0.25) is 0 Å². The summed E-state index contributed by atoms with van der Waals surface area (Å²) in [5.74, 6) is -1.18. The molecule has 81 heavy (non-hydrogen) atoms. The van der Waals surface area contributed by atoms with Crippen LogP contribution in [0.15, 0.2) is 24.3 Å². The van der Waals surface area contributed by atoms with Crippen molar-refractivity contribution in [1.29, 1.82) is 0 Å². The minimum Gasteiger partial charge on any atom is -0.454 e. The van der Waals surface area contributed by atoms with Gasteiger partial charge in [0.2, 0.25) is 5.91 Å². The van der Waals surface area contributed by atoms with Crippen molar-refractivity contribution in [2.75, 3.05) is 13.2 Å². The molecule has 0 spiro atoms. The number of ether oxygens (including phenoxy) is 3. The van der Waals surface area contributed by atoms with Gasteiger partial charge in [0.15, 0.2) is 12.4 Å². The second-order valence-corrected chi connectivity index (χ2v) is 24.6. The number of nitrogens with one attached hydrogen (secondary N) is 1. The van der Waals surface area contributed by atoms with Gasteiger partial charge in [0.1, 0.15) is 24.4 Å². The van der Waals surface area contributed by atoms with Gasteiger partial charge in [-0.2, -0.15) is 0 Å². The van der Waals surface area contributed by atoms with E-state index in [1.54, 1.807) is 6.08 Å². The van der Waals surface area contributed by atoms with Crippen LogP contribution in [-0.2, 0) is 23.8 Å². The number of esters is 1. The van der Waals surface area contributed by atoms with Crippen molar-refractivity contribution in [3.63, 3.8) is 0 Å². The summed E-state index contributed by atoms with van der Waals surface area (Å²) in [6.45, 7) is 5.83. The van der Waals surface area contributed by atoms with Gasteiger partial charge in [0.05, 0.1) is 25.4 Å². The van der Waals surface area contributed by atoms with Crippen molar-refractivity contribution in [3.05, 3.63) is 24.3 Å². The first-order chi connectivity index (χ1) is 39.7. The number of amides is 1. The van der Waals surface area contributed by atoms with Crippen LogP contribution in [-0.4, -0.2) is 99.6 Å². The Bertz CT molecular complexity index is 1410. The molecule has 1 amide bonds. The summed E-state index contributed by atoms with van der Waals surface area (Å²) in [5, 5.41) is 57.2. The van der Waals surface area contributed by atoms with Crippen LogP contribution < -0.4 is 5.32 Å². The molecule has 1 aliphatic heterocycles. The molecule has 0 bridgehead atoms. The molecule has 478 valence electrons. The molecule has 8 unspecified atom stereocenters. The molecule has 1 aliphatic rings. The summed E-state index contributed by atoms with van der Waals surface area (Å²) >= 11 is 0. The van der Waals surface area contributed by atoms with Gasteiger partial charge in [0, 0.05) is 6.42 Å². The molecule has 0 radical (unpaired) electrons. The zero-order valence-electron chi connectivity index (χ0n) is 53.2. The van der Waals surface area contributed by atoms with Crippen molar-refractivity contribution in [2.24, 2.45) is 0 Å². The third-order valence-corrected chi connectivity index (χ3v) is 16.9. The predicted octanol–water partition coefficient (Wildman–Crippen LogP) is 17.6. The SMILES string of the molecule is CCCCCCCC/C=C/CCCCCCCCCCCCC(O)C(=O)NC(COC1OC(CO)C(O)C(O)C1OC(=O)CCCCCCCCCCCCCCCCCCCCCCC)C(O)/C=C/CCCCCCCCCCC. The lowest BCUT2D eigenvalue weighted by atomic mass is 9.99. The van der Waals surface area contributed by atoms with E-state index in [1.165, 1.54) is 244 Å². The maximum atomic E-state index is 13.5. The van der Waals surface area contributed by atoms with E-state index in [1.807, 2.05) is 6.08 Å². The minimum atomic E-state index is -1.61. The van der Waals surface area contributed by atoms with Crippen LogP contribution in [0.4, 0.5) is 0 Å². The Kier molecular flexibility index (Phi) is 55.7. The molecule has 11 nitrogen and oxygen atoms in total. The second-order valence-electron chi connectivity index (χ2n) is 24.6. The molecule has 1 rings (SSSR count). The van der Waals surface area contributed by atoms with Crippen LogP contribution in [0.25, 0.3) is 0 Å². The standard InChI is InChI=1S/C70H133NO10/c1-4-7-10-13-16-19-22-24-26-28-30-32-34-36-38-40-43-46-49-52-55-58-65(75)81-68-67(77)66(76)64(59-72)80-70(68)79-60-61(62(73)56-53-50-47-44-41-21-18-15-12-9-6-3)71-69(78)63(74)57-54-51-48-45-42-39-37-35-33-31-29-27-25-23-20-17-14-11-8-5-2/h25,27,53,56,61-64,66-68,70,72-74,76-77H,4-24,26,28-52,54-55,57-60H2,1-3H3,(H,71,78)/b27-25+,56-53+. The number of unbranched alkanes of at least 4 members (excludes halogenated alkanes) is 45. The summed E-state index contributed by atoms with van der Waals surface area (Å²) in [7, 11) is 0. The lowest BCUT2D eigenvalue weighted by Gasteiger charge is -2.41. The van der Waals surface area contributed by atoms with E-state index in [0.29, 0.717) is 19.3 Å². The average molecular weight is 1150 g/mol. The molecule has 1 heterocycles. The molecule has 11 heteroatoms. The summed E-state index contributed by atoms with van der Waals surface area (Å²) in [5.41, 5.74) is 0. The maximum Gasteiger partial charge on any atom is 0.306 e. The van der Waals surface area contributed by atoms with Gasteiger partial charge in [-0.05, 0) is 51.4 Å². The highest BCUT2D eigenvalue weighted by atomic mass is 16.7. The average Bonchev–Trinajstić information content (AvgIpc) is 3.51. The topological polar surface area (TPSA) is 175 Å². The normalized spacial score (nSPS) is 18.7. The highest BCUT2D eigenvalue weighted by Crippen LogP contribution is 2.26. The maximum absolute atomic E-state index is 13.5. The van der Waals surface area contributed by atoms with Crippen molar-refractivity contribution in [1.82, 2.24) is 5.32 Å². The third kappa shape index (κ3) is 46.1. The lowest BCUT2D eigenvalue weighted by molar-refractivity contribution is -0.305. The van der Waals surface area contributed by atoms with Crippen LogP contribution in [0.3, 0.4) is 0 Å². The van der Waals surface area contributed by atoms with E-state index in [2.05, 4.69) is 38.2 Å². The Balaban J connectivity index is 2.56. The Hall–Kier alpha value is -1.86. The smallest absolute Gasteiger partial charge is 0.306 e. The number of hydrogen-bond acceptors (Lipinski definition) is 10. The first-order valence-corrected chi connectivity index (χ1v) is 35.1. The Labute approximate surface area is 499 Å². The lowest BCUT2D eigenvalue weighted by Crippen LogP contribution is -2.61. The molecule has 8 atom stereocenters. The fraction of sp³-hybridized carbons (Fsp3) is 0.914. The van der Waals surface area contributed by atoms with Gasteiger partial charge >= 0.3 is 5.97 Å². The summed E-state index contributed by atoms with van der Waals surface area (Å²) in [6, 6.07) is -1.02. The number of carbonyl (C=O) groups excluding carboxylic acids is 2. The molecular formula is C70H133NO10. The molecular weight excluding hydrogens is 1010 g/mol. The zero-order chi connectivity index (χ0) is 58.9. The van der Waals surface area contributed by atoms with Crippen LogP contribution >= 0.6 is 0 Å². The van der Waals surface area contributed by atoms with Gasteiger partial charge in [-0.15, -0.1) is 0 Å². The monoisotopic (exact) mass is 1150 g/mol. The van der Waals surface area contributed by atoms with E-state index in [-0.39, 0.29) is 13.0 Å². The molecule has 0 aromatic rings. The highest BCUT2D eigenvalue weighted by molar-refractivity contribution is 5.80. The number of carbonyl (C=O) groups is 2. The number of aliphatic hydroxyl groups excluding tert-OH is 5. The van der Waals surface area contributed by atoms with Crippen LogP contribution in [0, 0.1) is 0 Å². The van der Waals surface area contributed by atoms with Crippen molar-refractivity contribution >= 4 is 11.9 Å². The summed E-state index contributed by atoms with van der Waals surface area (Å²) in [4.78, 5) is 26.6. The van der Waals surface area contributed by atoms with E-state index in [9.17, 15) is 35.1 Å². The van der Waals surface area contributed by atoms with Gasteiger partial charge in [0.25, 0.3) is 0 Å². The molecule has 0 aromatic heterocycles. The van der Waals surface area contributed by atoms with E-state index in [0.717, 1.165) is 57.8 Å². The van der Waals surface area contributed by atoms with Gasteiger partial charge in [-0.1, -0.05) is 315 Å². The van der Waals surface area contributed by atoms with E-state index < -0.39 is 67.4 Å². The highest BCUT2D eigenvalue weighted by Gasteiger charge is 2.47. The summed E-state index contributed by atoms with van der Waals surface area (Å²) < 4.78 is 17.7. The van der Waals surface area contributed by atoms with Crippen LogP contribution in [0.5, 0.6) is 0 Å². The fourth-order valence-electron chi connectivity index (χ4n) is 11.3. The molecule has 1 fully saturated rings. The molecule has 6 N–H and O–H groups in total. The number of aliphatic hydroxyl groups is 5. The van der Waals surface area contributed by atoms with Crippen molar-refractivity contribution < 1.29 is 49.3 Å². The Morgan fingerprint density at radius 1 is 0.469 bits per heavy atom. The van der Waals surface area contributed by atoms with Crippen molar-refractivity contribution in [3.8, 4) is 0 Å². The second kappa shape index (κ2) is 58.5. The van der Waals surface area contributed by atoms with Gasteiger partial charge in [-0.25, -0.2) is 0 Å². The third-order valence-electron chi connectivity index (χ3n) is 16.9. The number of rotatable bonds is 61. The first kappa shape index (κ1) is 77.2. The van der Waals surface area contributed by atoms with Gasteiger partial charge in [-0.3, -0.25) is 9.59 Å². The largest absolute Gasteiger partial charge is 0.454 e. The number of allylic oxidation sites excluding steroid dienone is 3. The zero-order valence-corrected chi connectivity index (χ0v) is 53.2. The predicted molar refractivity (Wildman–Crippen MR) is 338 cm³/mol. The number of hydrogen-bond donors (Lipinski definition) is 6. The Morgan fingerprint density at radius 3 is 1.20 bits per heavy atom. The van der Waals surface area contributed by atoms with E-state index >= 15 is 0 Å². The molecule has 0 aromatic carbocycles. The molecule has 0 saturated carbocycles. The Morgan fingerprint density at radius 2 is 0.815 bits per heavy atom. The van der Waals surface area contributed by atoms with Crippen LogP contribution in [0.1, 0.15) is 348 Å². The molecule has 1 saturated heterocycles. The van der Waals surface area contributed by atoms with Gasteiger partial charge < -0.3 is 45.1 Å². The summed E-state index contributed by atoms with van der Waals surface area (Å²) in [6.07, 6.45) is 59.4.